The maximum atomic E-state index is 13.2. The Morgan fingerprint density at radius 1 is 1.04 bits per heavy atom. The molecule has 28 heavy (non-hydrogen) atoms. The van der Waals surface area contributed by atoms with Gasteiger partial charge >= 0.3 is 0 Å². The van der Waals surface area contributed by atoms with Crippen molar-refractivity contribution >= 4 is 15.9 Å². The predicted molar refractivity (Wildman–Crippen MR) is 108 cm³/mol. The van der Waals surface area contributed by atoms with Crippen LogP contribution in [0.25, 0.3) is 0 Å². The summed E-state index contributed by atoms with van der Waals surface area (Å²) in [4.78, 5) is 14.6. The first-order valence-electron chi connectivity index (χ1n) is 9.46. The molecule has 2 aromatic carbocycles. The van der Waals surface area contributed by atoms with Gasteiger partial charge in [0.1, 0.15) is 5.75 Å². The molecule has 1 fully saturated rings. The van der Waals surface area contributed by atoms with Gasteiger partial charge in [-0.3, -0.25) is 4.79 Å². The smallest absolute Gasteiger partial charge is 0.243 e. The van der Waals surface area contributed by atoms with Gasteiger partial charge in [0.05, 0.1) is 18.6 Å². The number of likely N-dealkylation sites (tertiary alicyclic amines) is 1. The van der Waals surface area contributed by atoms with Gasteiger partial charge in [-0.25, -0.2) is 8.42 Å². The molecule has 0 atom stereocenters. The topological polar surface area (TPSA) is 66.9 Å². The summed E-state index contributed by atoms with van der Waals surface area (Å²) >= 11 is 0. The molecule has 0 unspecified atom stereocenters. The molecule has 0 aliphatic carbocycles. The summed E-state index contributed by atoms with van der Waals surface area (Å²) in [5, 5.41) is 0. The Morgan fingerprint density at radius 2 is 1.68 bits per heavy atom. The minimum atomic E-state index is -3.79. The van der Waals surface area contributed by atoms with Crippen molar-refractivity contribution < 1.29 is 17.9 Å². The maximum Gasteiger partial charge on any atom is 0.243 e. The van der Waals surface area contributed by atoms with E-state index in [0.29, 0.717) is 25.3 Å². The summed E-state index contributed by atoms with van der Waals surface area (Å²) in [5.41, 5.74) is 1.03. The zero-order valence-corrected chi connectivity index (χ0v) is 16.9. The fourth-order valence-corrected chi connectivity index (χ4v) is 4.69. The molecule has 0 spiro atoms. The van der Waals surface area contributed by atoms with Gasteiger partial charge in [0.25, 0.3) is 0 Å². The van der Waals surface area contributed by atoms with E-state index in [2.05, 4.69) is 0 Å². The average Bonchev–Trinajstić information content (AvgIpc) is 3.26. The van der Waals surface area contributed by atoms with Crippen LogP contribution in [0.4, 0.5) is 0 Å². The minimum absolute atomic E-state index is 0.136. The van der Waals surface area contributed by atoms with Crippen LogP contribution in [0, 0.1) is 0 Å². The van der Waals surface area contributed by atoms with E-state index in [4.69, 9.17) is 4.74 Å². The monoisotopic (exact) mass is 402 g/mol. The first-order valence-corrected chi connectivity index (χ1v) is 10.9. The van der Waals surface area contributed by atoms with Gasteiger partial charge in [-0.2, -0.15) is 4.31 Å². The lowest BCUT2D eigenvalue weighted by Crippen LogP contribution is -2.42. The third-order valence-corrected chi connectivity index (χ3v) is 6.82. The summed E-state index contributed by atoms with van der Waals surface area (Å²) < 4.78 is 32.8. The molecular weight excluding hydrogens is 376 g/mol. The number of amides is 1. The van der Waals surface area contributed by atoms with Crippen LogP contribution in [0.3, 0.4) is 0 Å². The van der Waals surface area contributed by atoms with Crippen LogP contribution in [0.2, 0.25) is 0 Å². The van der Waals surface area contributed by atoms with Crippen LogP contribution in [0.1, 0.15) is 18.4 Å². The number of carbonyl (C=O) groups excluding carboxylic acids is 1. The van der Waals surface area contributed by atoms with Gasteiger partial charge in [-0.15, -0.1) is 0 Å². The molecule has 0 radical (unpaired) electrons. The van der Waals surface area contributed by atoms with Crippen molar-refractivity contribution in [1.82, 2.24) is 9.21 Å². The summed E-state index contributed by atoms with van der Waals surface area (Å²) in [6, 6.07) is 16.0. The molecule has 7 heteroatoms. The highest BCUT2D eigenvalue weighted by atomic mass is 32.2. The lowest BCUT2D eigenvalue weighted by Gasteiger charge is -2.24. The second-order valence-electron chi connectivity index (χ2n) is 6.84. The Hall–Kier alpha value is -2.38. The van der Waals surface area contributed by atoms with E-state index in [9.17, 15) is 13.2 Å². The summed E-state index contributed by atoms with van der Waals surface area (Å²) in [6.45, 7) is 1.51. The SMILES string of the molecule is COc1ccc(S(=O)(=O)N(CCc2ccccc2)CC(=O)N2CCCC2)cc1. The van der Waals surface area contributed by atoms with Crippen molar-refractivity contribution in [3.8, 4) is 5.75 Å². The van der Waals surface area contributed by atoms with Crippen LogP contribution >= 0.6 is 0 Å². The number of ether oxygens (including phenoxy) is 1. The summed E-state index contributed by atoms with van der Waals surface area (Å²) in [5.74, 6) is 0.450. The molecule has 2 aromatic rings. The molecule has 1 amide bonds. The van der Waals surface area contributed by atoms with E-state index in [1.54, 1.807) is 17.0 Å². The van der Waals surface area contributed by atoms with Crippen LogP contribution in [-0.2, 0) is 21.2 Å². The van der Waals surface area contributed by atoms with Gasteiger partial charge in [0.2, 0.25) is 15.9 Å². The molecule has 1 heterocycles. The highest BCUT2D eigenvalue weighted by molar-refractivity contribution is 7.89. The molecule has 1 aliphatic rings. The lowest BCUT2D eigenvalue weighted by molar-refractivity contribution is -0.130. The van der Waals surface area contributed by atoms with Gasteiger partial charge in [-0.05, 0) is 49.1 Å². The second kappa shape index (κ2) is 9.21. The number of benzene rings is 2. The lowest BCUT2D eigenvalue weighted by atomic mass is 10.1. The predicted octanol–water partition coefficient (Wildman–Crippen LogP) is 2.55. The number of hydrogen-bond acceptors (Lipinski definition) is 4. The van der Waals surface area contributed by atoms with Crippen LogP contribution in [0.5, 0.6) is 5.75 Å². The van der Waals surface area contributed by atoms with Crippen LogP contribution in [0.15, 0.2) is 59.5 Å². The zero-order chi connectivity index (χ0) is 20.0. The number of rotatable bonds is 8. The van der Waals surface area contributed by atoms with Gasteiger partial charge in [-0.1, -0.05) is 30.3 Å². The Labute approximate surface area is 166 Å². The molecular formula is C21H26N2O4S. The standard InChI is InChI=1S/C21H26N2O4S/c1-27-19-9-11-20(12-10-19)28(25,26)23(16-13-18-7-3-2-4-8-18)17-21(24)22-14-5-6-15-22/h2-4,7-12H,5-6,13-17H2,1H3. The molecule has 6 nitrogen and oxygen atoms in total. The van der Waals surface area contributed by atoms with Gasteiger partial charge in [0.15, 0.2) is 0 Å². The molecule has 1 saturated heterocycles. The molecule has 0 bridgehead atoms. The van der Waals surface area contributed by atoms with E-state index < -0.39 is 10.0 Å². The Morgan fingerprint density at radius 3 is 2.29 bits per heavy atom. The van der Waals surface area contributed by atoms with Crippen molar-refractivity contribution in [2.45, 2.75) is 24.2 Å². The van der Waals surface area contributed by atoms with E-state index in [0.717, 1.165) is 18.4 Å². The molecule has 150 valence electrons. The van der Waals surface area contributed by atoms with E-state index in [1.165, 1.54) is 23.5 Å². The first kappa shape index (κ1) is 20.4. The Bertz CT molecular complexity index is 876. The Balaban J connectivity index is 1.81. The molecule has 1 aliphatic heterocycles. The third kappa shape index (κ3) is 4.91. The maximum absolute atomic E-state index is 13.2. The largest absolute Gasteiger partial charge is 0.497 e. The molecule has 0 N–H and O–H groups in total. The van der Waals surface area contributed by atoms with Gasteiger partial charge < -0.3 is 9.64 Å². The fraction of sp³-hybridized carbons (Fsp3) is 0.381. The number of methoxy groups -OCH3 is 1. The normalized spacial score (nSPS) is 14.4. The van der Waals surface area contributed by atoms with Crippen LogP contribution in [-0.4, -0.2) is 56.8 Å². The van der Waals surface area contributed by atoms with E-state index in [-0.39, 0.29) is 23.9 Å². The number of carbonyl (C=O) groups is 1. The number of sulfonamides is 1. The molecule has 3 rings (SSSR count). The highest BCUT2D eigenvalue weighted by Gasteiger charge is 2.29. The molecule has 0 saturated carbocycles. The Kier molecular flexibility index (Phi) is 6.70. The van der Waals surface area contributed by atoms with Crippen molar-refractivity contribution in [2.75, 3.05) is 33.3 Å². The van der Waals surface area contributed by atoms with E-state index >= 15 is 0 Å². The first-order chi connectivity index (χ1) is 13.5. The quantitative estimate of drug-likeness (QED) is 0.681. The minimum Gasteiger partial charge on any atom is -0.497 e. The number of hydrogen-bond donors (Lipinski definition) is 0. The fourth-order valence-electron chi connectivity index (χ4n) is 3.30. The van der Waals surface area contributed by atoms with Gasteiger partial charge in [0, 0.05) is 19.6 Å². The number of nitrogens with zero attached hydrogens (tertiary/aromatic N) is 2. The highest BCUT2D eigenvalue weighted by Crippen LogP contribution is 2.20. The third-order valence-electron chi connectivity index (χ3n) is 4.96. The zero-order valence-electron chi connectivity index (χ0n) is 16.1. The second-order valence-corrected chi connectivity index (χ2v) is 8.78. The summed E-state index contributed by atoms with van der Waals surface area (Å²) in [6.07, 6.45) is 2.49. The summed E-state index contributed by atoms with van der Waals surface area (Å²) in [7, 11) is -2.26. The van der Waals surface area contributed by atoms with Crippen molar-refractivity contribution in [3.05, 3.63) is 60.2 Å². The van der Waals surface area contributed by atoms with Crippen LogP contribution < -0.4 is 4.74 Å². The van der Waals surface area contributed by atoms with E-state index in [1.807, 2.05) is 30.3 Å². The molecule has 0 aromatic heterocycles. The van der Waals surface area contributed by atoms with Crippen molar-refractivity contribution in [1.29, 1.82) is 0 Å². The average molecular weight is 403 g/mol. The van der Waals surface area contributed by atoms with Crippen molar-refractivity contribution in [2.24, 2.45) is 0 Å². The van der Waals surface area contributed by atoms with Crippen molar-refractivity contribution in [3.63, 3.8) is 0 Å².